The number of carbonyl (C=O) groups is 1. The summed E-state index contributed by atoms with van der Waals surface area (Å²) in [5.41, 5.74) is 3.15. The van der Waals surface area contributed by atoms with Crippen molar-refractivity contribution in [3.63, 3.8) is 0 Å². The van der Waals surface area contributed by atoms with Gasteiger partial charge in [-0.15, -0.1) is 0 Å². The standard InChI is InChI=1S/C25H27N3O3/c1-3-5-6-14-26-25-27-22(20-12-10-18(4-2)11-13-20)16-23(29)28(25)17-19-8-7-9-21(15-19)24(30)31/h4,7-13,15-16H,2-3,5-6,14,17H2,1H3,(H,26,27)(H,30,31). The Balaban J connectivity index is 1.98. The van der Waals surface area contributed by atoms with Gasteiger partial charge in [0.2, 0.25) is 5.95 Å². The predicted octanol–water partition coefficient (Wildman–Crippen LogP) is 4.90. The minimum absolute atomic E-state index is 0.190. The highest BCUT2D eigenvalue weighted by molar-refractivity contribution is 5.87. The van der Waals surface area contributed by atoms with Crippen LogP contribution in [0.5, 0.6) is 0 Å². The molecule has 0 aliphatic rings. The van der Waals surface area contributed by atoms with E-state index in [0.717, 1.165) is 36.0 Å². The van der Waals surface area contributed by atoms with Gasteiger partial charge < -0.3 is 10.4 Å². The molecular weight excluding hydrogens is 390 g/mol. The molecule has 2 N–H and O–H groups in total. The molecule has 0 unspecified atom stereocenters. The van der Waals surface area contributed by atoms with Crippen molar-refractivity contribution in [3.8, 4) is 11.3 Å². The molecule has 0 fully saturated rings. The molecule has 0 saturated carbocycles. The summed E-state index contributed by atoms with van der Waals surface area (Å²) in [6.45, 7) is 6.84. The quantitative estimate of drug-likeness (QED) is 0.458. The van der Waals surface area contributed by atoms with E-state index in [1.165, 1.54) is 12.1 Å². The summed E-state index contributed by atoms with van der Waals surface area (Å²) in [4.78, 5) is 29.0. The smallest absolute Gasteiger partial charge is 0.335 e. The highest BCUT2D eigenvalue weighted by Gasteiger charge is 2.12. The van der Waals surface area contributed by atoms with Crippen molar-refractivity contribution in [2.24, 2.45) is 0 Å². The molecule has 31 heavy (non-hydrogen) atoms. The molecule has 1 aromatic heterocycles. The number of carboxylic acid groups (broad SMARTS) is 1. The number of aromatic carboxylic acids is 1. The van der Waals surface area contributed by atoms with Crippen LogP contribution in [-0.4, -0.2) is 27.2 Å². The summed E-state index contributed by atoms with van der Waals surface area (Å²) in [6, 6.07) is 15.8. The Labute approximate surface area is 181 Å². The number of aromatic nitrogens is 2. The molecule has 0 aliphatic carbocycles. The van der Waals surface area contributed by atoms with Crippen molar-refractivity contribution in [2.45, 2.75) is 32.7 Å². The lowest BCUT2D eigenvalue weighted by atomic mass is 10.1. The average molecular weight is 418 g/mol. The van der Waals surface area contributed by atoms with Crippen molar-refractivity contribution >= 4 is 18.0 Å². The van der Waals surface area contributed by atoms with Crippen molar-refractivity contribution in [1.82, 2.24) is 9.55 Å². The molecule has 3 aromatic rings. The Kier molecular flexibility index (Phi) is 7.38. The van der Waals surface area contributed by atoms with E-state index in [2.05, 4.69) is 18.8 Å². The van der Waals surface area contributed by atoms with E-state index in [9.17, 15) is 14.7 Å². The lowest BCUT2D eigenvalue weighted by Gasteiger charge is -2.15. The summed E-state index contributed by atoms with van der Waals surface area (Å²) in [7, 11) is 0. The Morgan fingerprint density at radius 1 is 1.16 bits per heavy atom. The first-order valence-electron chi connectivity index (χ1n) is 10.4. The van der Waals surface area contributed by atoms with Gasteiger partial charge in [0, 0.05) is 18.2 Å². The van der Waals surface area contributed by atoms with Gasteiger partial charge >= 0.3 is 5.97 Å². The number of hydrogen-bond donors (Lipinski definition) is 2. The second-order valence-corrected chi connectivity index (χ2v) is 7.35. The van der Waals surface area contributed by atoms with E-state index in [4.69, 9.17) is 4.98 Å². The topological polar surface area (TPSA) is 84.2 Å². The molecule has 0 radical (unpaired) electrons. The van der Waals surface area contributed by atoms with Gasteiger partial charge in [-0.05, 0) is 29.7 Å². The summed E-state index contributed by atoms with van der Waals surface area (Å²) >= 11 is 0. The van der Waals surface area contributed by atoms with E-state index in [1.54, 1.807) is 22.8 Å². The molecule has 2 aromatic carbocycles. The summed E-state index contributed by atoms with van der Waals surface area (Å²) < 4.78 is 1.55. The molecule has 6 heteroatoms. The lowest BCUT2D eigenvalue weighted by Crippen LogP contribution is -2.25. The van der Waals surface area contributed by atoms with Gasteiger partial charge in [0.05, 0.1) is 17.8 Å². The maximum Gasteiger partial charge on any atom is 0.335 e. The number of rotatable bonds is 10. The Morgan fingerprint density at radius 3 is 2.61 bits per heavy atom. The molecule has 6 nitrogen and oxygen atoms in total. The van der Waals surface area contributed by atoms with Crippen molar-refractivity contribution in [2.75, 3.05) is 11.9 Å². The lowest BCUT2D eigenvalue weighted by molar-refractivity contribution is 0.0696. The van der Waals surface area contributed by atoms with Crippen molar-refractivity contribution in [1.29, 1.82) is 0 Å². The van der Waals surface area contributed by atoms with E-state index in [0.29, 0.717) is 18.2 Å². The summed E-state index contributed by atoms with van der Waals surface area (Å²) in [6.07, 6.45) is 4.92. The fourth-order valence-corrected chi connectivity index (χ4v) is 3.29. The van der Waals surface area contributed by atoms with Gasteiger partial charge in [-0.25, -0.2) is 9.78 Å². The van der Waals surface area contributed by atoms with Gasteiger partial charge in [-0.2, -0.15) is 0 Å². The van der Waals surface area contributed by atoms with Crippen LogP contribution >= 0.6 is 0 Å². The zero-order valence-corrected chi connectivity index (χ0v) is 17.7. The molecule has 0 saturated heterocycles. The SMILES string of the molecule is C=Cc1ccc(-c2cc(=O)n(Cc3cccc(C(=O)O)c3)c(NCCCCC)n2)cc1. The van der Waals surface area contributed by atoms with E-state index in [1.807, 2.05) is 30.3 Å². The third-order valence-electron chi connectivity index (χ3n) is 5.03. The van der Waals surface area contributed by atoms with E-state index < -0.39 is 5.97 Å². The van der Waals surface area contributed by atoms with Crippen LogP contribution in [0.15, 0.2) is 66.0 Å². The molecule has 3 rings (SSSR count). The van der Waals surface area contributed by atoms with Gasteiger partial charge in [-0.1, -0.05) is 68.8 Å². The largest absolute Gasteiger partial charge is 0.478 e. The van der Waals surface area contributed by atoms with Gasteiger partial charge in [0.25, 0.3) is 5.56 Å². The molecule has 0 bridgehead atoms. The number of anilines is 1. The fourth-order valence-electron chi connectivity index (χ4n) is 3.29. The maximum atomic E-state index is 13.0. The number of nitrogens with one attached hydrogen (secondary N) is 1. The minimum Gasteiger partial charge on any atom is -0.478 e. The van der Waals surface area contributed by atoms with Gasteiger partial charge in [0.15, 0.2) is 0 Å². The highest BCUT2D eigenvalue weighted by Crippen LogP contribution is 2.19. The van der Waals surface area contributed by atoms with Crippen LogP contribution in [0.2, 0.25) is 0 Å². The zero-order valence-electron chi connectivity index (χ0n) is 17.7. The van der Waals surface area contributed by atoms with Crippen LogP contribution in [-0.2, 0) is 6.54 Å². The Bertz CT molecular complexity index is 1120. The molecule has 0 amide bonds. The van der Waals surface area contributed by atoms with Crippen LogP contribution in [0.1, 0.15) is 47.7 Å². The zero-order chi connectivity index (χ0) is 22.2. The number of hydrogen-bond acceptors (Lipinski definition) is 4. The second-order valence-electron chi connectivity index (χ2n) is 7.35. The average Bonchev–Trinajstić information content (AvgIpc) is 2.78. The maximum absolute atomic E-state index is 13.0. The molecule has 1 heterocycles. The molecular formula is C25H27N3O3. The third kappa shape index (κ3) is 5.69. The van der Waals surface area contributed by atoms with E-state index >= 15 is 0 Å². The van der Waals surface area contributed by atoms with E-state index in [-0.39, 0.29) is 17.7 Å². The first-order valence-corrected chi connectivity index (χ1v) is 10.4. The van der Waals surface area contributed by atoms with Gasteiger partial charge in [-0.3, -0.25) is 9.36 Å². The second kappa shape index (κ2) is 10.4. The van der Waals surface area contributed by atoms with Crippen molar-refractivity contribution in [3.05, 3.63) is 88.2 Å². The van der Waals surface area contributed by atoms with Crippen molar-refractivity contribution < 1.29 is 9.90 Å². The summed E-state index contributed by atoms with van der Waals surface area (Å²) in [5, 5.41) is 12.6. The number of unbranched alkanes of at least 4 members (excludes halogenated alkanes) is 2. The van der Waals surface area contributed by atoms with Crippen LogP contribution in [0.4, 0.5) is 5.95 Å². The number of nitrogens with zero attached hydrogens (tertiary/aromatic N) is 2. The normalized spacial score (nSPS) is 10.6. The molecule has 0 spiro atoms. The predicted molar refractivity (Wildman–Crippen MR) is 125 cm³/mol. The molecule has 0 atom stereocenters. The van der Waals surface area contributed by atoms with Crippen LogP contribution in [0.25, 0.3) is 17.3 Å². The highest BCUT2D eigenvalue weighted by atomic mass is 16.4. The van der Waals surface area contributed by atoms with Crippen LogP contribution < -0.4 is 10.9 Å². The molecule has 160 valence electrons. The summed E-state index contributed by atoms with van der Waals surface area (Å²) in [5.74, 6) is -0.518. The minimum atomic E-state index is -0.997. The fraction of sp³-hybridized carbons (Fsp3) is 0.240. The van der Waals surface area contributed by atoms with Crippen LogP contribution in [0.3, 0.4) is 0 Å². The number of carboxylic acids is 1. The Hall–Kier alpha value is -3.67. The third-order valence-corrected chi connectivity index (χ3v) is 5.03. The molecule has 0 aliphatic heterocycles. The number of benzene rings is 2. The first-order chi connectivity index (χ1) is 15.0. The Morgan fingerprint density at radius 2 is 1.94 bits per heavy atom. The first kappa shape index (κ1) is 22.0. The van der Waals surface area contributed by atoms with Crippen LogP contribution in [0, 0.1) is 0 Å². The monoisotopic (exact) mass is 417 g/mol. The van der Waals surface area contributed by atoms with Gasteiger partial charge in [0.1, 0.15) is 0 Å².